The van der Waals surface area contributed by atoms with Crippen molar-refractivity contribution in [1.82, 2.24) is 0 Å². The van der Waals surface area contributed by atoms with Gasteiger partial charge in [-0.15, -0.1) is 0 Å². The van der Waals surface area contributed by atoms with Crippen LogP contribution in [0.5, 0.6) is 5.75 Å². The molecule has 3 nitrogen and oxygen atoms in total. The Morgan fingerprint density at radius 3 is 3.12 bits per heavy atom. The summed E-state index contributed by atoms with van der Waals surface area (Å²) in [5.41, 5.74) is 0.668. The standard InChI is InChI=1S/C12H11BrO3/c13-7-1-2-10-8(5-7)12(14)9-6-15-4-3-11(9)16-10/h1-2,5,9,11H,3-4,6H2/t9-,11+/m1/s1. The Morgan fingerprint density at radius 2 is 2.25 bits per heavy atom. The fraction of sp³-hybridized carbons (Fsp3) is 0.417. The maximum absolute atomic E-state index is 12.2. The van der Waals surface area contributed by atoms with E-state index in [2.05, 4.69) is 15.9 Å². The number of ketones is 1. The van der Waals surface area contributed by atoms with E-state index in [4.69, 9.17) is 9.47 Å². The molecule has 2 heterocycles. The largest absolute Gasteiger partial charge is 0.489 e. The van der Waals surface area contributed by atoms with Gasteiger partial charge in [-0.2, -0.15) is 0 Å². The number of Topliss-reactive ketones (excluding diaryl/α,β-unsaturated/α-hetero) is 1. The van der Waals surface area contributed by atoms with Crippen LogP contribution in [0.3, 0.4) is 0 Å². The van der Waals surface area contributed by atoms with Gasteiger partial charge in [0.05, 0.1) is 24.7 Å². The lowest BCUT2D eigenvalue weighted by Gasteiger charge is -2.35. The van der Waals surface area contributed by atoms with Gasteiger partial charge in [-0.25, -0.2) is 0 Å². The first kappa shape index (κ1) is 10.3. The summed E-state index contributed by atoms with van der Waals surface area (Å²) in [4.78, 5) is 12.2. The summed E-state index contributed by atoms with van der Waals surface area (Å²) in [5.74, 6) is 0.721. The van der Waals surface area contributed by atoms with Gasteiger partial charge in [0, 0.05) is 10.9 Å². The summed E-state index contributed by atoms with van der Waals surface area (Å²) in [7, 11) is 0. The van der Waals surface area contributed by atoms with E-state index in [0.717, 1.165) is 10.9 Å². The highest BCUT2D eigenvalue weighted by molar-refractivity contribution is 9.10. The van der Waals surface area contributed by atoms with Gasteiger partial charge >= 0.3 is 0 Å². The average molecular weight is 283 g/mol. The lowest BCUT2D eigenvalue weighted by Crippen LogP contribution is -2.44. The highest BCUT2D eigenvalue weighted by Crippen LogP contribution is 2.35. The summed E-state index contributed by atoms with van der Waals surface area (Å²) in [6, 6.07) is 5.57. The molecule has 0 N–H and O–H groups in total. The molecule has 1 aromatic rings. The number of fused-ring (bicyclic) bond motifs is 2. The Balaban J connectivity index is 2.03. The van der Waals surface area contributed by atoms with Gasteiger partial charge in [-0.1, -0.05) is 15.9 Å². The lowest BCUT2D eigenvalue weighted by atomic mass is 9.87. The van der Waals surface area contributed by atoms with E-state index in [-0.39, 0.29) is 17.8 Å². The zero-order valence-electron chi connectivity index (χ0n) is 8.61. The van der Waals surface area contributed by atoms with E-state index < -0.39 is 0 Å². The molecule has 16 heavy (non-hydrogen) atoms. The summed E-state index contributed by atoms with van der Waals surface area (Å²) in [5, 5.41) is 0. The van der Waals surface area contributed by atoms with Gasteiger partial charge in [0.2, 0.25) is 0 Å². The molecule has 1 saturated heterocycles. The molecule has 2 atom stereocenters. The summed E-state index contributed by atoms with van der Waals surface area (Å²) >= 11 is 3.37. The molecule has 0 unspecified atom stereocenters. The van der Waals surface area contributed by atoms with Crippen molar-refractivity contribution in [2.45, 2.75) is 12.5 Å². The second-order valence-corrected chi connectivity index (χ2v) is 5.05. The minimum atomic E-state index is -0.129. The van der Waals surface area contributed by atoms with Crippen LogP contribution in [0.4, 0.5) is 0 Å². The predicted molar refractivity (Wildman–Crippen MR) is 61.8 cm³/mol. The maximum Gasteiger partial charge on any atom is 0.175 e. The predicted octanol–water partition coefficient (Wildman–Crippen LogP) is 2.43. The first-order chi connectivity index (χ1) is 7.75. The molecule has 3 rings (SSSR count). The van der Waals surface area contributed by atoms with Crippen LogP contribution in [0.2, 0.25) is 0 Å². The number of hydrogen-bond acceptors (Lipinski definition) is 3. The first-order valence-electron chi connectivity index (χ1n) is 5.34. The van der Waals surface area contributed by atoms with Gasteiger partial charge < -0.3 is 9.47 Å². The van der Waals surface area contributed by atoms with Crippen LogP contribution in [0.25, 0.3) is 0 Å². The molecule has 0 amide bonds. The fourth-order valence-electron chi connectivity index (χ4n) is 2.26. The third-order valence-electron chi connectivity index (χ3n) is 3.12. The number of carbonyl (C=O) groups excluding carboxylic acids is 1. The first-order valence-corrected chi connectivity index (χ1v) is 6.13. The third kappa shape index (κ3) is 1.57. The van der Waals surface area contributed by atoms with E-state index >= 15 is 0 Å². The van der Waals surface area contributed by atoms with Crippen molar-refractivity contribution in [2.24, 2.45) is 5.92 Å². The van der Waals surface area contributed by atoms with Crippen molar-refractivity contribution in [1.29, 1.82) is 0 Å². The van der Waals surface area contributed by atoms with Crippen molar-refractivity contribution in [3.05, 3.63) is 28.2 Å². The quantitative estimate of drug-likeness (QED) is 0.733. The highest BCUT2D eigenvalue weighted by atomic mass is 79.9. The van der Waals surface area contributed by atoms with E-state index in [0.29, 0.717) is 24.5 Å². The van der Waals surface area contributed by atoms with E-state index in [1.54, 1.807) is 0 Å². The van der Waals surface area contributed by atoms with Crippen LogP contribution in [-0.4, -0.2) is 25.1 Å². The molecule has 0 saturated carbocycles. The summed E-state index contributed by atoms with van der Waals surface area (Å²) < 4.78 is 12.1. The topological polar surface area (TPSA) is 35.5 Å². The Morgan fingerprint density at radius 1 is 1.38 bits per heavy atom. The van der Waals surface area contributed by atoms with Crippen LogP contribution in [0, 0.1) is 5.92 Å². The molecule has 0 spiro atoms. The van der Waals surface area contributed by atoms with Gasteiger partial charge in [-0.05, 0) is 18.2 Å². The van der Waals surface area contributed by atoms with Crippen molar-refractivity contribution < 1.29 is 14.3 Å². The van der Waals surface area contributed by atoms with Gasteiger partial charge in [0.15, 0.2) is 5.78 Å². The van der Waals surface area contributed by atoms with Gasteiger partial charge in [0.25, 0.3) is 0 Å². The summed E-state index contributed by atoms with van der Waals surface area (Å²) in [6.07, 6.45) is 0.793. The molecule has 4 heteroatoms. The smallest absolute Gasteiger partial charge is 0.175 e. The fourth-order valence-corrected chi connectivity index (χ4v) is 2.63. The van der Waals surface area contributed by atoms with Crippen LogP contribution in [0.15, 0.2) is 22.7 Å². The van der Waals surface area contributed by atoms with Crippen LogP contribution in [0.1, 0.15) is 16.8 Å². The second kappa shape index (κ2) is 3.86. The molecule has 0 aromatic heterocycles. The Labute approximate surface area is 102 Å². The van der Waals surface area contributed by atoms with Gasteiger partial charge in [0.1, 0.15) is 11.9 Å². The zero-order chi connectivity index (χ0) is 11.1. The lowest BCUT2D eigenvalue weighted by molar-refractivity contribution is -0.0212. The Hall–Kier alpha value is -0.870. The van der Waals surface area contributed by atoms with Crippen molar-refractivity contribution in [2.75, 3.05) is 13.2 Å². The van der Waals surface area contributed by atoms with Gasteiger partial charge in [-0.3, -0.25) is 4.79 Å². The molecule has 1 aromatic carbocycles. The monoisotopic (exact) mass is 282 g/mol. The van der Waals surface area contributed by atoms with E-state index in [9.17, 15) is 4.79 Å². The molecule has 1 fully saturated rings. The highest BCUT2D eigenvalue weighted by Gasteiger charge is 2.39. The van der Waals surface area contributed by atoms with Crippen molar-refractivity contribution in [3.63, 3.8) is 0 Å². The minimum Gasteiger partial charge on any atom is -0.489 e. The minimum absolute atomic E-state index is 0.00470. The molecule has 0 aliphatic carbocycles. The molecule has 0 radical (unpaired) electrons. The number of rotatable bonds is 0. The van der Waals surface area contributed by atoms with Crippen LogP contribution in [-0.2, 0) is 4.74 Å². The molecule has 2 aliphatic heterocycles. The Kier molecular flexibility index (Phi) is 2.48. The number of halogens is 1. The molecule has 84 valence electrons. The second-order valence-electron chi connectivity index (χ2n) is 4.13. The number of carbonyl (C=O) groups is 1. The zero-order valence-corrected chi connectivity index (χ0v) is 10.2. The SMILES string of the molecule is O=C1c2cc(Br)ccc2O[C@H]2CCOC[C@@H]12. The number of ether oxygens (including phenoxy) is 2. The van der Waals surface area contributed by atoms with Crippen molar-refractivity contribution >= 4 is 21.7 Å². The Bertz CT molecular complexity index is 444. The number of hydrogen-bond donors (Lipinski definition) is 0. The van der Waals surface area contributed by atoms with Crippen molar-refractivity contribution in [3.8, 4) is 5.75 Å². The third-order valence-corrected chi connectivity index (χ3v) is 3.61. The molecular formula is C12H11BrO3. The van der Waals surface area contributed by atoms with Crippen LogP contribution < -0.4 is 4.74 Å². The average Bonchev–Trinajstić information content (AvgIpc) is 2.31. The maximum atomic E-state index is 12.2. The molecule has 0 bridgehead atoms. The number of benzene rings is 1. The normalized spacial score (nSPS) is 27.9. The molecule has 2 aliphatic rings. The van der Waals surface area contributed by atoms with Crippen LogP contribution >= 0.6 is 15.9 Å². The molecular weight excluding hydrogens is 272 g/mol. The van der Waals surface area contributed by atoms with E-state index in [1.807, 2.05) is 18.2 Å². The van der Waals surface area contributed by atoms with E-state index in [1.165, 1.54) is 0 Å². The summed E-state index contributed by atoms with van der Waals surface area (Å²) in [6.45, 7) is 1.16.